The van der Waals surface area contributed by atoms with Gasteiger partial charge in [0.2, 0.25) is 6.08 Å². The van der Waals surface area contributed by atoms with Crippen LogP contribution in [0.5, 0.6) is 5.75 Å². The Balaban J connectivity index is 3.04. The van der Waals surface area contributed by atoms with Gasteiger partial charge in [0.1, 0.15) is 11.4 Å². The van der Waals surface area contributed by atoms with Gasteiger partial charge in [0.25, 0.3) is 0 Å². The Labute approximate surface area is 88.2 Å². The maximum absolute atomic E-state index is 10.1. The van der Waals surface area contributed by atoms with E-state index in [9.17, 15) is 9.90 Å². The molecule has 1 atom stereocenters. The number of methoxy groups -OCH3 is 1. The highest BCUT2D eigenvalue weighted by molar-refractivity contribution is 5.35. The van der Waals surface area contributed by atoms with Gasteiger partial charge in [-0.1, -0.05) is 12.1 Å². The summed E-state index contributed by atoms with van der Waals surface area (Å²) in [6.07, 6.45) is 1.47. The summed E-state index contributed by atoms with van der Waals surface area (Å²) in [7, 11) is 1.53. The zero-order valence-corrected chi connectivity index (χ0v) is 8.73. The molecule has 1 N–H and O–H groups in total. The van der Waals surface area contributed by atoms with Crippen molar-refractivity contribution >= 4 is 6.08 Å². The van der Waals surface area contributed by atoms with Crippen LogP contribution in [-0.2, 0) is 15.1 Å². The second kappa shape index (κ2) is 4.73. The molecular formula is C11H13NO3. The lowest BCUT2D eigenvalue weighted by Crippen LogP contribution is -2.27. The molecule has 1 aromatic rings. The summed E-state index contributed by atoms with van der Waals surface area (Å²) >= 11 is 0. The van der Waals surface area contributed by atoms with Gasteiger partial charge < -0.3 is 9.84 Å². The molecule has 0 radical (unpaired) electrons. The summed E-state index contributed by atoms with van der Waals surface area (Å²) in [6, 6.07) is 6.68. The van der Waals surface area contributed by atoms with Gasteiger partial charge >= 0.3 is 0 Å². The standard InChI is InChI=1S/C11H13NO3/c1-11(15-2,7-12-8-13)9-4-3-5-10(14)6-9/h3-6,14H,7H2,1-2H3. The molecule has 0 spiro atoms. The minimum Gasteiger partial charge on any atom is -0.508 e. The van der Waals surface area contributed by atoms with Crippen LogP contribution in [0.2, 0.25) is 0 Å². The van der Waals surface area contributed by atoms with Crippen LogP contribution < -0.4 is 0 Å². The Kier molecular flexibility index (Phi) is 3.61. The Morgan fingerprint density at radius 1 is 1.60 bits per heavy atom. The van der Waals surface area contributed by atoms with Crippen molar-refractivity contribution in [3.05, 3.63) is 29.8 Å². The van der Waals surface area contributed by atoms with E-state index in [-0.39, 0.29) is 12.3 Å². The fraction of sp³-hybridized carbons (Fsp3) is 0.364. The zero-order valence-electron chi connectivity index (χ0n) is 8.73. The van der Waals surface area contributed by atoms with Crippen LogP contribution in [0.15, 0.2) is 29.3 Å². The van der Waals surface area contributed by atoms with E-state index < -0.39 is 5.60 Å². The van der Waals surface area contributed by atoms with Crippen molar-refractivity contribution in [1.82, 2.24) is 0 Å². The molecule has 0 aliphatic rings. The molecule has 4 nitrogen and oxygen atoms in total. The van der Waals surface area contributed by atoms with Crippen LogP contribution in [0.4, 0.5) is 0 Å². The monoisotopic (exact) mass is 207 g/mol. The molecule has 0 saturated heterocycles. The lowest BCUT2D eigenvalue weighted by molar-refractivity contribution is 0.0104. The molecule has 0 heterocycles. The fourth-order valence-electron chi connectivity index (χ4n) is 1.29. The molecule has 0 saturated carbocycles. The Hall–Kier alpha value is -1.64. The van der Waals surface area contributed by atoms with E-state index in [4.69, 9.17) is 4.74 Å². The number of aliphatic imine (C=N–C) groups is 1. The molecule has 1 rings (SSSR count). The molecule has 80 valence electrons. The number of phenolic OH excluding ortho intramolecular Hbond substituents is 1. The minimum absolute atomic E-state index is 0.158. The van der Waals surface area contributed by atoms with Gasteiger partial charge in [-0.3, -0.25) is 0 Å². The Morgan fingerprint density at radius 2 is 2.33 bits per heavy atom. The number of ether oxygens (including phenoxy) is 1. The molecular weight excluding hydrogens is 194 g/mol. The highest BCUT2D eigenvalue weighted by atomic mass is 16.5. The van der Waals surface area contributed by atoms with Crippen LogP contribution in [-0.4, -0.2) is 24.8 Å². The van der Waals surface area contributed by atoms with Gasteiger partial charge in [-0.2, -0.15) is 0 Å². The van der Waals surface area contributed by atoms with E-state index in [0.717, 1.165) is 5.56 Å². The third-order valence-electron chi connectivity index (χ3n) is 2.35. The number of aromatic hydroxyl groups is 1. The fourth-order valence-corrected chi connectivity index (χ4v) is 1.29. The van der Waals surface area contributed by atoms with E-state index >= 15 is 0 Å². The average Bonchev–Trinajstić information content (AvgIpc) is 2.26. The summed E-state index contributed by atoms with van der Waals surface area (Å²) in [4.78, 5) is 13.6. The number of phenols is 1. The lowest BCUT2D eigenvalue weighted by Gasteiger charge is -2.26. The van der Waals surface area contributed by atoms with Crippen molar-refractivity contribution in [3.8, 4) is 5.75 Å². The lowest BCUT2D eigenvalue weighted by atomic mass is 9.95. The molecule has 1 aromatic carbocycles. The second-order valence-corrected chi connectivity index (χ2v) is 3.39. The Bertz CT molecular complexity index is 385. The van der Waals surface area contributed by atoms with Crippen LogP contribution in [0, 0.1) is 0 Å². The molecule has 0 bridgehead atoms. The van der Waals surface area contributed by atoms with Crippen molar-refractivity contribution in [2.75, 3.05) is 13.7 Å². The third kappa shape index (κ3) is 2.65. The van der Waals surface area contributed by atoms with Gasteiger partial charge in [-0.25, -0.2) is 9.79 Å². The van der Waals surface area contributed by atoms with E-state index in [2.05, 4.69) is 4.99 Å². The maximum atomic E-state index is 10.1. The van der Waals surface area contributed by atoms with Crippen LogP contribution in [0.1, 0.15) is 12.5 Å². The Morgan fingerprint density at radius 3 is 2.87 bits per heavy atom. The number of hydrogen-bond acceptors (Lipinski definition) is 4. The SMILES string of the molecule is COC(C)(CN=C=O)c1cccc(O)c1. The predicted octanol–water partition coefficient (Wildman–Crippen LogP) is 1.59. The van der Waals surface area contributed by atoms with E-state index in [1.807, 2.05) is 6.07 Å². The summed E-state index contributed by atoms with van der Waals surface area (Å²) in [5.74, 6) is 0.158. The quantitative estimate of drug-likeness (QED) is 0.602. The highest BCUT2D eigenvalue weighted by Crippen LogP contribution is 2.27. The van der Waals surface area contributed by atoms with Gasteiger partial charge in [0, 0.05) is 7.11 Å². The maximum Gasteiger partial charge on any atom is 0.235 e. The van der Waals surface area contributed by atoms with Gasteiger partial charge in [-0.05, 0) is 24.6 Å². The van der Waals surface area contributed by atoms with Gasteiger partial charge in [-0.15, -0.1) is 0 Å². The first-order valence-corrected chi connectivity index (χ1v) is 4.50. The van der Waals surface area contributed by atoms with Crippen molar-refractivity contribution in [2.45, 2.75) is 12.5 Å². The van der Waals surface area contributed by atoms with Crippen molar-refractivity contribution in [3.63, 3.8) is 0 Å². The average molecular weight is 207 g/mol. The summed E-state index contributed by atoms with van der Waals surface area (Å²) < 4.78 is 5.30. The molecule has 0 amide bonds. The number of carbonyl (C=O) groups excluding carboxylic acids is 1. The first-order valence-electron chi connectivity index (χ1n) is 4.50. The number of rotatable bonds is 4. The largest absolute Gasteiger partial charge is 0.508 e. The number of benzene rings is 1. The number of hydrogen-bond donors (Lipinski definition) is 1. The van der Waals surface area contributed by atoms with Crippen molar-refractivity contribution < 1.29 is 14.6 Å². The molecule has 0 aliphatic heterocycles. The van der Waals surface area contributed by atoms with E-state index in [0.29, 0.717) is 0 Å². The highest BCUT2D eigenvalue weighted by Gasteiger charge is 2.26. The van der Waals surface area contributed by atoms with E-state index in [1.165, 1.54) is 13.2 Å². The second-order valence-electron chi connectivity index (χ2n) is 3.39. The smallest absolute Gasteiger partial charge is 0.235 e. The minimum atomic E-state index is -0.712. The van der Waals surface area contributed by atoms with Crippen molar-refractivity contribution in [2.24, 2.45) is 4.99 Å². The molecule has 0 aromatic heterocycles. The number of isocyanates is 1. The normalized spacial score (nSPS) is 14.0. The first kappa shape index (κ1) is 11.4. The molecule has 15 heavy (non-hydrogen) atoms. The van der Waals surface area contributed by atoms with Gasteiger partial charge in [0.05, 0.1) is 6.54 Å². The zero-order chi connectivity index (χ0) is 11.3. The molecule has 0 fully saturated rings. The van der Waals surface area contributed by atoms with Crippen LogP contribution in [0.3, 0.4) is 0 Å². The summed E-state index contributed by atoms with van der Waals surface area (Å²) in [6.45, 7) is 1.97. The third-order valence-corrected chi connectivity index (χ3v) is 2.35. The molecule has 4 heteroatoms. The van der Waals surface area contributed by atoms with Gasteiger partial charge in [0.15, 0.2) is 0 Å². The summed E-state index contributed by atoms with van der Waals surface area (Å²) in [5.41, 5.74) is 0.0554. The number of nitrogens with zero attached hydrogens (tertiary/aromatic N) is 1. The van der Waals surface area contributed by atoms with Crippen molar-refractivity contribution in [1.29, 1.82) is 0 Å². The van der Waals surface area contributed by atoms with E-state index in [1.54, 1.807) is 25.1 Å². The van der Waals surface area contributed by atoms with Crippen LogP contribution >= 0.6 is 0 Å². The summed E-state index contributed by atoms with van der Waals surface area (Å²) in [5, 5.41) is 9.33. The predicted molar refractivity (Wildman–Crippen MR) is 55.5 cm³/mol. The topological polar surface area (TPSA) is 58.9 Å². The first-order chi connectivity index (χ1) is 7.12. The van der Waals surface area contributed by atoms with Crippen LogP contribution in [0.25, 0.3) is 0 Å². The molecule has 0 aliphatic carbocycles. The molecule has 1 unspecified atom stereocenters.